The first-order valence-electron chi connectivity index (χ1n) is 6.81. The lowest BCUT2D eigenvalue weighted by atomic mass is 9.61. The minimum Gasteiger partial charge on any atom is -0.392 e. The second-order valence-electron chi connectivity index (χ2n) is 6.81. The molecule has 0 heterocycles. The van der Waals surface area contributed by atoms with Gasteiger partial charge in [-0.25, -0.2) is 0 Å². The van der Waals surface area contributed by atoms with Crippen LogP contribution in [0.3, 0.4) is 0 Å². The SMILES string of the molecule is CC1=C[C@]2(C)[C@H](O)C[C@H]3[C@H](C)CC[C@@]32[C@H]1C. The van der Waals surface area contributed by atoms with Gasteiger partial charge in [0, 0.05) is 5.41 Å². The van der Waals surface area contributed by atoms with Crippen LogP contribution in [0.4, 0.5) is 0 Å². The van der Waals surface area contributed by atoms with Crippen LogP contribution < -0.4 is 0 Å². The maximum atomic E-state index is 10.5. The first-order valence-corrected chi connectivity index (χ1v) is 6.81. The van der Waals surface area contributed by atoms with E-state index in [4.69, 9.17) is 0 Å². The molecule has 1 heteroatoms. The summed E-state index contributed by atoms with van der Waals surface area (Å²) in [4.78, 5) is 0. The first-order chi connectivity index (χ1) is 7.43. The Labute approximate surface area is 98.9 Å². The quantitative estimate of drug-likeness (QED) is 0.620. The molecule has 1 spiro atoms. The molecule has 0 saturated heterocycles. The molecule has 6 atom stereocenters. The maximum absolute atomic E-state index is 10.5. The van der Waals surface area contributed by atoms with Gasteiger partial charge in [-0.1, -0.05) is 32.4 Å². The molecule has 3 aliphatic rings. The molecule has 0 bridgehead atoms. The van der Waals surface area contributed by atoms with Crippen molar-refractivity contribution in [1.82, 2.24) is 0 Å². The lowest BCUT2D eigenvalue weighted by Crippen LogP contribution is -2.41. The van der Waals surface area contributed by atoms with Gasteiger partial charge in [0.25, 0.3) is 0 Å². The number of hydrogen-bond donors (Lipinski definition) is 1. The molecule has 0 aromatic heterocycles. The van der Waals surface area contributed by atoms with Gasteiger partial charge in [0.05, 0.1) is 6.10 Å². The Morgan fingerprint density at radius 2 is 2.06 bits per heavy atom. The fourth-order valence-corrected chi connectivity index (χ4v) is 5.51. The van der Waals surface area contributed by atoms with E-state index in [1.165, 1.54) is 18.4 Å². The Balaban J connectivity index is 2.15. The van der Waals surface area contributed by atoms with Gasteiger partial charge >= 0.3 is 0 Å². The average molecular weight is 220 g/mol. The fraction of sp³-hybridized carbons (Fsp3) is 0.867. The third-order valence-corrected chi connectivity index (χ3v) is 6.52. The van der Waals surface area contributed by atoms with Gasteiger partial charge in [-0.2, -0.15) is 0 Å². The first kappa shape index (κ1) is 10.8. The molecule has 90 valence electrons. The monoisotopic (exact) mass is 220 g/mol. The number of hydrogen-bond acceptors (Lipinski definition) is 1. The van der Waals surface area contributed by atoms with Gasteiger partial charge in [-0.3, -0.25) is 0 Å². The van der Waals surface area contributed by atoms with Crippen molar-refractivity contribution < 1.29 is 5.11 Å². The summed E-state index contributed by atoms with van der Waals surface area (Å²) in [6.45, 7) is 9.34. The third-order valence-electron chi connectivity index (χ3n) is 6.52. The summed E-state index contributed by atoms with van der Waals surface area (Å²) in [6.07, 6.45) is 6.01. The van der Waals surface area contributed by atoms with Crippen LogP contribution in [-0.4, -0.2) is 11.2 Å². The Bertz CT molecular complexity index is 358. The molecule has 16 heavy (non-hydrogen) atoms. The summed E-state index contributed by atoms with van der Waals surface area (Å²) in [6, 6.07) is 0. The smallest absolute Gasteiger partial charge is 0.0636 e. The third kappa shape index (κ3) is 0.895. The molecule has 3 rings (SSSR count). The van der Waals surface area contributed by atoms with E-state index in [2.05, 4.69) is 33.8 Å². The van der Waals surface area contributed by atoms with Gasteiger partial charge in [0.2, 0.25) is 0 Å². The summed E-state index contributed by atoms with van der Waals surface area (Å²) in [5, 5.41) is 10.5. The van der Waals surface area contributed by atoms with Gasteiger partial charge in [0.15, 0.2) is 0 Å². The van der Waals surface area contributed by atoms with Gasteiger partial charge in [-0.15, -0.1) is 0 Å². The van der Waals surface area contributed by atoms with E-state index < -0.39 is 0 Å². The van der Waals surface area contributed by atoms with Crippen LogP contribution in [0.15, 0.2) is 11.6 Å². The zero-order chi connectivity index (χ0) is 11.7. The van der Waals surface area contributed by atoms with Crippen molar-refractivity contribution in [2.75, 3.05) is 0 Å². The van der Waals surface area contributed by atoms with Crippen molar-refractivity contribution >= 4 is 0 Å². The summed E-state index contributed by atoms with van der Waals surface area (Å²) in [5.41, 5.74) is 1.96. The fourth-order valence-electron chi connectivity index (χ4n) is 5.51. The molecule has 2 fully saturated rings. The summed E-state index contributed by atoms with van der Waals surface area (Å²) in [7, 11) is 0. The minimum atomic E-state index is -0.111. The Morgan fingerprint density at radius 1 is 1.38 bits per heavy atom. The van der Waals surface area contributed by atoms with Gasteiger partial charge in [0.1, 0.15) is 0 Å². The average Bonchev–Trinajstić information content (AvgIpc) is 2.72. The van der Waals surface area contributed by atoms with E-state index in [1.54, 1.807) is 0 Å². The van der Waals surface area contributed by atoms with E-state index in [9.17, 15) is 5.11 Å². The number of rotatable bonds is 0. The molecule has 1 N–H and O–H groups in total. The number of allylic oxidation sites excluding steroid dienone is 1. The number of aliphatic hydroxyl groups excluding tert-OH is 1. The Morgan fingerprint density at radius 3 is 2.75 bits per heavy atom. The van der Waals surface area contributed by atoms with Crippen LogP contribution in [0.25, 0.3) is 0 Å². The van der Waals surface area contributed by atoms with Crippen molar-refractivity contribution in [2.24, 2.45) is 28.6 Å². The van der Waals surface area contributed by atoms with Crippen LogP contribution in [0.5, 0.6) is 0 Å². The van der Waals surface area contributed by atoms with Crippen molar-refractivity contribution in [3.05, 3.63) is 11.6 Å². The van der Waals surface area contributed by atoms with E-state index in [0.29, 0.717) is 11.3 Å². The zero-order valence-electron chi connectivity index (χ0n) is 11.0. The van der Waals surface area contributed by atoms with E-state index in [1.807, 2.05) is 0 Å². The second kappa shape index (κ2) is 2.93. The number of aliphatic hydroxyl groups is 1. The highest BCUT2D eigenvalue weighted by molar-refractivity contribution is 5.33. The highest BCUT2D eigenvalue weighted by Crippen LogP contribution is 2.73. The Hall–Kier alpha value is -0.300. The van der Waals surface area contributed by atoms with Crippen LogP contribution in [0, 0.1) is 28.6 Å². The maximum Gasteiger partial charge on any atom is 0.0636 e. The molecule has 1 nitrogen and oxygen atoms in total. The highest BCUT2D eigenvalue weighted by Gasteiger charge is 2.68. The molecule has 0 radical (unpaired) electrons. The molecule has 0 aromatic carbocycles. The summed E-state index contributed by atoms with van der Waals surface area (Å²) in [5.74, 6) is 2.22. The van der Waals surface area contributed by atoms with Crippen LogP contribution >= 0.6 is 0 Å². The largest absolute Gasteiger partial charge is 0.392 e. The van der Waals surface area contributed by atoms with Gasteiger partial charge in [-0.05, 0) is 49.4 Å². The standard InChI is InChI=1S/C15H24O/c1-9-5-6-15-11(3)10(2)8-14(15,4)13(16)7-12(9)15/h8-9,11-13,16H,5-7H2,1-4H3/t9-,11+,12+,13-,14-,15-/m1/s1. The molecule has 2 saturated carbocycles. The predicted octanol–water partition coefficient (Wildman–Crippen LogP) is 3.39. The zero-order valence-corrected chi connectivity index (χ0v) is 11.0. The normalized spacial score (nSPS) is 59.7. The molecule has 0 aliphatic heterocycles. The summed E-state index contributed by atoms with van der Waals surface area (Å²) < 4.78 is 0. The lowest BCUT2D eigenvalue weighted by Gasteiger charge is -2.43. The molecular formula is C15H24O. The van der Waals surface area contributed by atoms with Crippen molar-refractivity contribution in [3.63, 3.8) is 0 Å². The Kier molecular flexibility index (Phi) is 1.98. The van der Waals surface area contributed by atoms with Crippen molar-refractivity contribution in [2.45, 2.75) is 53.1 Å². The highest BCUT2D eigenvalue weighted by atomic mass is 16.3. The minimum absolute atomic E-state index is 0.0614. The second-order valence-corrected chi connectivity index (χ2v) is 6.81. The predicted molar refractivity (Wildman–Crippen MR) is 66.0 cm³/mol. The van der Waals surface area contributed by atoms with E-state index in [0.717, 1.165) is 18.3 Å². The van der Waals surface area contributed by atoms with Crippen molar-refractivity contribution in [1.29, 1.82) is 0 Å². The van der Waals surface area contributed by atoms with Gasteiger partial charge < -0.3 is 5.11 Å². The van der Waals surface area contributed by atoms with Crippen LogP contribution in [-0.2, 0) is 0 Å². The summed E-state index contributed by atoms with van der Waals surface area (Å²) >= 11 is 0. The molecule has 0 unspecified atom stereocenters. The van der Waals surface area contributed by atoms with Crippen LogP contribution in [0.2, 0.25) is 0 Å². The van der Waals surface area contributed by atoms with E-state index >= 15 is 0 Å². The van der Waals surface area contributed by atoms with E-state index in [-0.39, 0.29) is 11.5 Å². The van der Waals surface area contributed by atoms with Crippen molar-refractivity contribution in [3.8, 4) is 0 Å². The molecule has 0 amide bonds. The molecular weight excluding hydrogens is 196 g/mol. The molecule has 0 aromatic rings. The van der Waals surface area contributed by atoms with Crippen LogP contribution in [0.1, 0.15) is 47.0 Å². The topological polar surface area (TPSA) is 20.2 Å². The lowest BCUT2D eigenvalue weighted by molar-refractivity contribution is 0.0115. The molecule has 3 aliphatic carbocycles.